The van der Waals surface area contributed by atoms with Crippen molar-refractivity contribution >= 4 is 19.5 Å². The summed E-state index contributed by atoms with van der Waals surface area (Å²) in [6.45, 7) is 1.51. The van der Waals surface area contributed by atoms with Gasteiger partial charge in [-0.15, -0.1) is 0 Å². The monoisotopic (exact) mass is 259 g/mol. The fraction of sp³-hybridized carbons (Fsp3) is 0.385. The Morgan fingerprint density at radius 3 is 2.95 bits per heavy atom. The van der Waals surface area contributed by atoms with Crippen molar-refractivity contribution in [3.63, 3.8) is 0 Å². The Hall–Kier alpha value is -1.66. The van der Waals surface area contributed by atoms with Crippen LogP contribution in [0.15, 0.2) is 18.2 Å². The molecule has 0 spiro atoms. The highest BCUT2D eigenvalue weighted by atomic mass is 16.7. The van der Waals surface area contributed by atoms with E-state index in [1.165, 1.54) is 12.2 Å². The molecule has 1 heterocycles. The van der Waals surface area contributed by atoms with E-state index in [1.54, 1.807) is 20.5 Å². The second kappa shape index (κ2) is 5.99. The van der Waals surface area contributed by atoms with Crippen LogP contribution >= 0.6 is 0 Å². The summed E-state index contributed by atoms with van der Waals surface area (Å²) < 4.78 is 0. The van der Waals surface area contributed by atoms with Crippen molar-refractivity contribution in [3.05, 3.63) is 34.9 Å². The number of hydrogen-bond acceptors (Lipinski definition) is 4. The molecule has 0 unspecified atom stereocenters. The highest BCUT2D eigenvalue weighted by Gasteiger charge is 2.19. The molecule has 0 bridgehead atoms. The van der Waals surface area contributed by atoms with E-state index in [9.17, 15) is 9.59 Å². The van der Waals surface area contributed by atoms with Gasteiger partial charge in [0.2, 0.25) is 0 Å². The molecule has 2 rings (SSSR count). The van der Waals surface area contributed by atoms with Crippen LogP contribution in [0.3, 0.4) is 0 Å². The summed E-state index contributed by atoms with van der Waals surface area (Å²) in [6.07, 6.45) is 1.63. The maximum absolute atomic E-state index is 12.0. The van der Waals surface area contributed by atoms with Gasteiger partial charge in [0.15, 0.2) is 0 Å². The van der Waals surface area contributed by atoms with Crippen molar-refractivity contribution in [1.29, 1.82) is 0 Å². The lowest BCUT2D eigenvalue weighted by Gasteiger charge is -2.27. The van der Waals surface area contributed by atoms with Crippen molar-refractivity contribution in [2.45, 2.75) is 13.0 Å². The molecule has 0 aliphatic carbocycles. The van der Waals surface area contributed by atoms with Crippen molar-refractivity contribution in [2.75, 3.05) is 20.7 Å². The molecule has 1 aromatic carbocycles. The van der Waals surface area contributed by atoms with E-state index < -0.39 is 0 Å². The molecule has 0 fully saturated rings. The molecule has 1 aromatic rings. The first kappa shape index (κ1) is 13.8. The maximum atomic E-state index is 12.0. The third kappa shape index (κ3) is 3.02. The zero-order valence-electron chi connectivity index (χ0n) is 11.1. The fourth-order valence-electron chi connectivity index (χ4n) is 2.19. The Kier molecular flexibility index (Phi) is 4.34. The van der Waals surface area contributed by atoms with Gasteiger partial charge in [-0.25, -0.2) is 5.06 Å². The predicted molar refractivity (Wildman–Crippen MR) is 72.2 cm³/mol. The number of benzene rings is 1. The molecule has 19 heavy (non-hydrogen) atoms. The molecule has 0 saturated heterocycles. The Balaban J connectivity index is 2.17. The lowest BCUT2D eigenvalue weighted by molar-refractivity contribution is -0.0757. The summed E-state index contributed by atoms with van der Waals surface area (Å²) in [5.74, 6) is -0.160. The van der Waals surface area contributed by atoms with Crippen LogP contribution in [0.5, 0.6) is 0 Å². The maximum Gasteiger partial charge on any atom is 0.293 e. The van der Waals surface area contributed by atoms with Crippen molar-refractivity contribution in [3.8, 4) is 0 Å². The number of fused-ring (bicyclic) bond motifs is 1. The van der Waals surface area contributed by atoms with Crippen LogP contribution in [0.1, 0.15) is 21.5 Å². The van der Waals surface area contributed by atoms with E-state index in [1.807, 2.05) is 16.9 Å². The van der Waals surface area contributed by atoms with Crippen molar-refractivity contribution in [2.24, 2.45) is 0 Å². The number of nitrogens with zero attached hydrogens (tertiary/aromatic N) is 2. The lowest BCUT2D eigenvalue weighted by Crippen LogP contribution is -2.34. The zero-order valence-corrected chi connectivity index (χ0v) is 11.1. The Morgan fingerprint density at radius 1 is 1.47 bits per heavy atom. The number of hydroxylamine groups is 2. The number of carbonyl (C=O) groups is 2. The van der Waals surface area contributed by atoms with Crippen LogP contribution in [-0.2, 0) is 22.6 Å². The average Bonchev–Trinajstić information content (AvgIpc) is 2.45. The smallest absolute Gasteiger partial charge is 0.293 e. The van der Waals surface area contributed by atoms with Gasteiger partial charge < -0.3 is 9.61 Å². The van der Waals surface area contributed by atoms with E-state index in [-0.39, 0.29) is 5.91 Å². The first-order valence-corrected chi connectivity index (χ1v) is 6.12. The van der Waals surface area contributed by atoms with Crippen molar-refractivity contribution < 1.29 is 14.4 Å². The van der Waals surface area contributed by atoms with Crippen LogP contribution in [0.2, 0.25) is 0 Å². The summed E-state index contributed by atoms with van der Waals surface area (Å²) >= 11 is 0. The first-order chi connectivity index (χ1) is 9.15. The molecule has 0 aromatic heterocycles. The van der Waals surface area contributed by atoms with Gasteiger partial charge in [0.1, 0.15) is 0 Å². The Morgan fingerprint density at radius 2 is 2.26 bits per heavy atom. The average molecular weight is 259 g/mol. The summed E-state index contributed by atoms with van der Waals surface area (Å²) in [4.78, 5) is 29.3. The third-order valence-electron chi connectivity index (χ3n) is 3.33. The van der Waals surface area contributed by atoms with Gasteiger partial charge >= 0.3 is 0 Å². The third-order valence-corrected chi connectivity index (χ3v) is 3.33. The minimum Gasteiger partial charge on any atom is -0.336 e. The van der Waals surface area contributed by atoms with Crippen molar-refractivity contribution in [1.82, 2.24) is 9.87 Å². The second-order valence-corrected chi connectivity index (χ2v) is 4.47. The van der Waals surface area contributed by atoms with E-state index in [0.29, 0.717) is 12.1 Å². The van der Waals surface area contributed by atoms with E-state index >= 15 is 0 Å². The van der Waals surface area contributed by atoms with Crippen LogP contribution in [0, 0.1) is 0 Å². The molecule has 6 heteroatoms. The topological polar surface area (TPSA) is 49.9 Å². The quantitative estimate of drug-likeness (QED) is 0.448. The van der Waals surface area contributed by atoms with E-state index in [4.69, 9.17) is 4.84 Å². The SMILES string of the molecule is CON(C)C(=O)c1ccc2c(c1)CCN([B]C=O)C2. The molecule has 1 amide bonds. The van der Waals surface area contributed by atoms with Crippen LogP contribution in [0.4, 0.5) is 0 Å². The van der Waals surface area contributed by atoms with Crippen LogP contribution in [0.25, 0.3) is 0 Å². The molecule has 0 saturated carbocycles. The standard InChI is InChI=1S/C13H16BN2O3/c1-15(19-2)13(18)11-3-4-12-8-16(14-9-17)6-5-10(12)7-11/h3-4,7,9H,5-6,8H2,1-2H3. The second-order valence-electron chi connectivity index (χ2n) is 4.47. The van der Waals surface area contributed by atoms with Crippen LogP contribution < -0.4 is 0 Å². The lowest BCUT2D eigenvalue weighted by atomic mass is 9.88. The summed E-state index contributed by atoms with van der Waals surface area (Å²) in [5.41, 5.74) is 2.93. The molecule has 5 nitrogen and oxygen atoms in total. The molecule has 1 aliphatic rings. The molecule has 99 valence electrons. The summed E-state index contributed by atoms with van der Waals surface area (Å²) in [7, 11) is 4.60. The van der Waals surface area contributed by atoms with E-state index in [0.717, 1.165) is 30.3 Å². The van der Waals surface area contributed by atoms with Gasteiger partial charge in [0.05, 0.1) is 13.3 Å². The summed E-state index contributed by atoms with van der Waals surface area (Å²) in [6, 6.07) is 5.64. The molecule has 1 radical (unpaired) electrons. The normalized spacial score (nSPS) is 14.6. The molecule has 0 atom stereocenters. The molecular weight excluding hydrogens is 243 g/mol. The van der Waals surface area contributed by atoms with Gasteiger partial charge in [-0.2, -0.15) is 0 Å². The fourth-order valence-corrected chi connectivity index (χ4v) is 2.19. The molecular formula is C13H16BN2O3. The van der Waals surface area contributed by atoms with Gasteiger partial charge in [-0.1, -0.05) is 6.07 Å². The molecule has 0 N–H and O–H groups in total. The minimum absolute atomic E-state index is 0.160. The number of carbonyl (C=O) groups excluding carboxylic acids is 2. The predicted octanol–water partition coefficient (Wildman–Crippen LogP) is 0.487. The highest BCUT2D eigenvalue weighted by Crippen LogP contribution is 2.20. The number of amides is 1. The number of rotatable bonds is 4. The highest BCUT2D eigenvalue weighted by molar-refractivity contribution is 6.64. The first-order valence-electron chi connectivity index (χ1n) is 6.12. The zero-order chi connectivity index (χ0) is 13.8. The van der Waals surface area contributed by atoms with Gasteiger partial charge in [-0.05, 0) is 36.2 Å². The van der Waals surface area contributed by atoms with E-state index in [2.05, 4.69) is 0 Å². The number of hydrogen-bond donors (Lipinski definition) is 0. The molecule has 1 aliphatic heterocycles. The Bertz CT molecular complexity index is 493. The largest absolute Gasteiger partial charge is 0.336 e. The minimum atomic E-state index is -0.160. The van der Waals surface area contributed by atoms with Gasteiger partial charge in [0.25, 0.3) is 13.3 Å². The van der Waals surface area contributed by atoms with Gasteiger partial charge in [0, 0.05) is 19.2 Å². The van der Waals surface area contributed by atoms with Gasteiger partial charge in [-0.3, -0.25) is 9.63 Å². The Labute approximate surface area is 113 Å². The summed E-state index contributed by atoms with van der Waals surface area (Å²) in [5, 5.41) is 1.21. The van der Waals surface area contributed by atoms with Crippen LogP contribution in [-0.4, -0.2) is 50.1 Å².